The van der Waals surface area contributed by atoms with Gasteiger partial charge in [-0.1, -0.05) is 12.1 Å². The fraction of sp³-hybridized carbons (Fsp3) is 0.588. The molecule has 1 N–H and O–H groups in total. The smallest absolute Gasteiger partial charge is 0.211 e. The summed E-state index contributed by atoms with van der Waals surface area (Å²) in [5.41, 5.74) is 5.41. The highest BCUT2D eigenvalue weighted by Gasteiger charge is 2.24. The van der Waals surface area contributed by atoms with Gasteiger partial charge in [-0.3, -0.25) is 0 Å². The molecule has 6 nitrogen and oxygen atoms in total. The van der Waals surface area contributed by atoms with Crippen LogP contribution in [0.4, 0.5) is 5.69 Å². The lowest BCUT2D eigenvalue weighted by atomic mass is 10.1. The van der Waals surface area contributed by atoms with E-state index < -0.39 is 10.0 Å². The van der Waals surface area contributed by atoms with Crippen LogP contribution >= 0.6 is 0 Å². The van der Waals surface area contributed by atoms with E-state index in [9.17, 15) is 8.42 Å². The van der Waals surface area contributed by atoms with Gasteiger partial charge in [-0.05, 0) is 44.4 Å². The van der Waals surface area contributed by atoms with Gasteiger partial charge in [0.05, 0.1) is 12.5 Å². The number of nitrogens with one attached hydrogen (secondary N) is 1. The molecule has 0 saturated carbocycles. The lowest BCUT2D eigenvalue weighted by Gasteiger charge is -2.29. The fourth-order valence-corrected chi connectivity index (χ4v) is 3.77. The molecule has 0 atom stereocenters. The van der Waals surface area contributed by atoms with Gasteiger partial charge in [0.15, 0.2) is 0 Å². The van der Waals surface area contributed by atoms with Crippen LogP contribution in [0.3, 0.4) is 0 Å². The molecule has 0 aliphatic carbocycles. The molecule has 1 saturated heterocycles. The maximum absolute atomic E-state index is 11.5. The van der Waals surface area contributed by atoms with Crippen molar-refractivity contribution in [1.29, 1.82) is 0 Å². The molecule has 24 heavy (non-hydrogen) atoms. The number of anilines is 1. The Morgan fingerprint density at radius 2 is 1.79 bits per heavy atom. The van der Waals surface area contributed by atoms with Crippen LogP contribution in [0, 0.1) is 0 Å². The number of nitrogens with zero attached hydrogens (tertiary/aromatic N) is 3. The molecule has 1 heterocycles. The predicted octanol–water partition coefficient (Wildman–Crippen LogP) is 1.88. The molecule has 0 amide bonds. The monoisotopic (exact) mass is 352 g/mol. The minimum Gasteiger partial charge on any atom is -0.372 e. The highest BCUT2D eigenvalue weighted by Crippen LogP contribution is 2.15. The van der Waals surface area contributed by atoms with E-state index in [4.69, 9.17) is 0 Å². The normalized spacial score (nSPS) is 17.3. The molecular weight excluding hydrogens is 324 g/mol. The highest BCUT2D eigenvalue weighted by molar-refractivity contribution is 7.88. The van der Waals surface area contributed by atoms with Crippen molar-refractivity contribution in [3.63, 3.8) is 0 Å². The Morgan fingerprint density at radius 3 is 2.29 bits per heavy atom. The third-order valence-electron chi connectivity index (χ3n) is 4.42. The number of benzene rings is 1. The van der Waals surface area contributed by atoms with Crippen molar-refractivity contribution in [1.82, 2.24) is 9.73 Å². The topological polar surface area (TPSA) is 65.0 Å². The Hall–Kier alpha value is -1.60. The molecule has 1 fully saturated rings. The maximum Gasteiger partial charge on any atom is 0.211 e. The Kier molecular flexibility index (Phi) is 6.62. The Labute approximate surface area is 145 Å². The fourth-order valence-electron chi connectivity index (χ4n) is 2.89. The van der Waals surface area contributed by atoms with Gasteiger partial charge in [-0.25, -0.2) is 12.7 Å². The van der Waals surface area contributed by atoms with Crippen LogP contribution in [0.2, 0.25) is 0 Å². The largest absolute Gasteiger partial charge is 0.372 e. The summed E-state index contributed by atoms with van der Waals surface area (Å²) < 4.78 is 24.5. The summed E-state index contributed by atoms with van der Waals surface area (Å²) >= 11 is 0. The van der Waals surface area contributed by atoms with Crippen molar-refractivity contribution in [2.45, 2.75) is 32.7 Å². The Balaban J connectivity index is 1.82. The average Bonchev–Trinajstić information content (AvgIpc) is 2.57. The maximum atomic E-state index is 11.5. The van der Waals surface area contributed by atoms with Crippen molar-refractivity contribution >= 4 is 21.9 Å². The predicted molar refractivity (Wildman–Crippen MR) is 100 cm³/mol. The zero-order valence-electron chi connectivity index (χ0n) is 14.8. The van der Waals surface area contributed by atoms with Crippen molar-refractivity contribution in [3.05, 3.63) is 29.8 Å². The van der Waals surface area contributed by atoms with E-state index in [1.54, 1.807) is 0 Å². The van der Waals surface area contributed by atoms with E-state index in [0.717, 1.165) is 31.5 Å². The first-order valence-electron chi connectivity index (χ1n) is 8.52. The average molecular weight is 353 g/mol. The Bertz CT molecular complexity index is 631. The molecule has 1 aliphatic rings. The molecule has 1 aliphatic heterocycles. The first kappa shape index (κ1) is 18.7. The summed E-state index contributed by atoms with van der Waals surface area (Å²) in [6, 6.07) is 8.57. The lowest BCUT2D eigenvalue weighted by Crippen LogP contribution is -2.43. The minimum atomic E-state index is -3.07. The van der Waals surface area contributed by atoms with E-state index in [-0.39, 0.29) is 6.04 Å². The summed E-state index contributed by atoms with van der Waals surface area (Å²) in [6.45, 7) is 7.42. The summed E-state index contributed by atoms with van der Waals surface area (Å²) in [5, 5.41) is 4.31. The summed E-state index contributed by atoms with van der Waals surface area (Å²) in [5.74, 6) is 0. The second-order valence-electron chi connectivity index (χ2n) is 6.09. The number of hydrogen-bond donors (Lipinski definition) is 1. The Morgan fingerprint density at radius 1 is 1.21 bits per heavy atom. The third kappa shape index (κ3) is 5.21. The molecular formula is C17H28N4O2S. The van der Waals surface area contributed by atoms with Gasteiger partial charge in [0.2, 0.25) is 10.0 Å². The van der Waals surface area contributed by atoms with Crippen molar-refractivity contribution in [2.75, 3.05) is 37.3 Å². The van der Waals surface area contributed by atoms with Crippen molar-refractivity contribution < 1.29 is 8.42 Å². The second-order valence-corrected chi connectivity index (χ2v) is 8.07. The molecule has 1 aromatic rings. The zero-order valence-corrected chi connectivity index (χ0v) is 15.6. The highest BCUT2D eigenvalue weighted by atomic mass is 32.2. The summed E-state index contributed by atoms with van der Waals surface area (Å²) in [4.78, 5) is 2.30. The van der Waals surface area contributed by atoms with Crippen LogP contribution in [-0.2, 0) is 10.0 Å². The molecule has 0 aromatic heterocycles. The van der Waals surface area contributed by atoms with Crippen LogP contribution in [0.15, 0.2) is 29.4 Å². The number of hydrogen-bond acceptors (Lipinski definition) is 5. The van der Waals surface area contributed by atoms with Gasteiger partial charge in [0.1, 0.15) is 0 Å². The first-order valence-corrected chi connectivity index (χ1v) is 10.4. The molecule has 0 bridgehead atoms. The van der Waals surface area contributed by atoms with E-state index in [1.807, 2.05) is 6.21 Å². The van der Waals surface area contributed by atoms with Crippen LogP contribution < -0.4 is 10.3 Å². The summed E-state index contributed by atoms with van der Waals surface area (Å²) in [7, 11) is -3.07. The molecule has 134 valence electrons. The van der Waals surface area contributed by atoms with E-state index in [1.165, 1.54) is 16.2 Å². The van der Waals surface area contributed by atoms with Gasteiger partial charge in [-0.2, -0.15) is 5.10 Å². The second kappa shape index (κ2) is 8.48. The van der Waals surface area contributed by atoms with Crippen molar-refractivity contribution in [2.24, 2.45) is 5.10 Å². The van der Waals surface area contributed by atoms with E-state index >= 15 is 0 Å². The number of rotatable bonds is 7. The van der Waals surface area contributed by atoms with E-state index in [2.05, 4.69) is 53.5 Å². The lowest BCUT2D eigenvalue weighted by molar-refractivity contribution is 0.294. The van der Waals surface area contributed by atoms with Gasteiger partial charge in [0.25, 0.3) is 0 Å². The SMILES string of the molecule is CCN(CC)c1ccc(/C=N/NC2CCN(S(C)(=O)=O)CC2)cc1. The van der Waals surface area contributed by atoms with Gasteiger partial charge < -0.3 is 10.3 Å². The quantitative estimate of drug-likeness (QED) is 0.601. The minimum absolute atomic E-state index is 0.231. The zero-order chi connectivity index (χ0) is 17.6. The molecule has 0 spiro atoms. The molecule has 0 radical (unpaired) electrons. The molecule has 7 heteroatoms. The molecule has 0 unspecified atom stereocenters. The van der Waals surface area contributed by atoms with Crippen molar-refractivity contribution in [3.8, 4) is 0 Å². The first-order chi connectivity index (χ1) is 11.4. The summed E-state index contributed by atoms with van der Waals surface area (Å²) in [6.07, 6.45) is 4.65. The van der Waals surface area contributed by atoms with Crippen LogP contribution in [-0.4, -0.2) is 57.4 Å². The van der Waals surface area contributed by atoms with E-state index in [0.29, 0.717) is 13.1 Å². The third-order valence-corrected chi connectivity index (χ3v) is 5.72. The number of piperidine rings is 1. The number of hydrazone groups is 1. The van der Waals surface area contributed by atoms with Gasteiger partial charge >= 0.3 is 0 Å². The molecule has 2 rings (SSSR count). The number of sulfonamides is 1. The van der Waals surface area contributed by atoms with Gasteiger partial charge in [0, 0.05) is 37.9 Å². The van der Waals surface area contributed by atoms with Crippen LogP contribution in [0.5, 0.6) is 0 Å². The van der Waals surface area contributed by atoms with Gasteiger partial charge in [-0.15, -0.1) is 0 Å². The molecule has 1 aromatic carbocycles. The van der Waals surface area contributed by atoms with Crippen LogP contribution in [0.25, 0.3) is 0 Å². The standard InChI is InChI=1S/C17H28N4O2S/c1-4-20(5-2)17-8-6-15(7-9-17)14-18-19-16-10-12-21(13-11-16)24(3,22)23/h6-9,14,16,19H,4-5,10-13H2,1-3H3/b18-14+. The van der Waals surface area contributed by atoms with Crippen LogP contribution in [0.1, 0.15) is 32.3 Å².